The minimum Gasteiger partial charge on any atom is -0.496 e. The van der Waals surface area contributed by atoms with Crippen LogP contribution >= 0.6 is 12.4 Å². The first-order chi connectivity index (χ1) is 13.7. The monoisotopic (exact) mass is 408 g/mol. The van der Waals surface area contributed by atoms with Crippen LogP contribution in [-0.4, -0.2) is 18.0 Å². The SMILES string of the molecule is COc1cc(NC(=O)c2cccnc2)ccc1-c1cc2ccccc2oc1=O.Cl. The number of carbonyl (C=O) groups is 1. The first-order valence-corrected chi connectivity index (χ1v) is 8.58. The third kappa shape index (κ3) is 4.12. The molecule has 0 atom stereocenters. The first kappa shape index (κ1) is 20.1. The number of aromatic nitrogens is 1. The number of amides is 1. The van der Waals surface area contributed by atoms with E-state index in [2.05, 4.69) is 10.3 Å². The molecule has 0 aliphatic carbocycles. The zero-order valence-electron chi connectivity index (χ0n) is 15.4. The average Bonchev–Trinajstić information content (AvgIpc) is 2.74. The lowest BCUT2D eigenvalue weighted by molar-refractivity contribution is 0.102. The number of nitrogens with zero attached hydrogens (tertiary/aromatic N) is 1. The quantitative estimate of drug-likeness (QED) is 0.501. The third-order valence-electron chi connectivity index (χ3n) is 4.31. The number of para-hydroxylation sites is 1. The molecular weight excluding hydrogens is 392 g/mol. The van der Waals surface area contributed by atoms with Crippen molar-refractivity contribution in [2.24, 2.45) is 0 Å². The summed E-state index contributed by atoms with van der Waals surface area (Å²) in [5, 5.41) is 3.61. The Morgan fingerprint density at radius 1 is 1.03 bits per heavy atom. The molecule has 2 aromatic carbocycles. The number of rotatable bonds is 4. The fourth-order valence-corrected chi connectivity index (χ4v) is 2.94. The Kier molecular flexibility index (Phi) is 5.95. The molecule has 4 rings (SSSR count). The fraction of sp³-hybridized carbons (Fsp3) is 0.0455. The molecule has 7 heteroatoms. The van der Waals surface area contributed by atoms with Gasteiger partial charge in [0.15, 0.2) is 0 Å². The largest absolute Gasteiger partial charge is 0.496 e. The van der Waals surface area contributed by atoms with Gasteiger partial charge in [0.2, 0.25) is 0 Å². The Labute approximate surface area is 172 Å². The molecule has 1 amide bonds. The van der Waals surface area contributed by atoms with E-state index in [1.165, 1.54) is 13.3 Å². The molecule has 0 spiro atoms. The zero-order valence-corrected chi connectivity index (χ0v) is 16.2. The summed E-state index contributed by atoms with van der Waals surface area (Å²) >= 11 is 0. The predicted octanol–water partition coefficient (Wildman–Crippen LogP) is 4.54. The van der Waals surface area contributed by atoms with E-state index in [-0.39, 0.29) is 18.3 Å². The highest BCUT2D eigenvalue weighted by Gasteiger charge is 2.14. The van der Waals surface area contributed by atoms with Crippen molar-refractivity contribution in [3.05, 3.63) is 89.0 Å². The van der Waals surface area contributed by atoms with E-state index in [1.807, 2.05) is 18.2 Å². The second-order valence-electron chi connectivity index (χ2n) is 6.10. The number of fused-ring (bicyclic) bond motifs is 1. The molecule has 0 aliphatic heterocycles. The summed E-state index contributed by atoms with van der Waals surface area (Å²) in [6.07, 6.45) is 3.09. The number of anilines is 1. The first-order valence-electron chi connectivity index (χ1n) is 8.58. The highest BCUT2D eigenvalue weighted by molar-refractivity contribution is 6.04. The topological polar surface area (TPSA) is 81.4 Å². The molecule has 0 unspecified atom stereocenters. The van der Waals surface area contributed by atoms with Crippen LogP contribution in [0.15, 0.2) is 82.3 Å². The van der Waals surface area contributed by atoms with E-state index in [0.717, 1.165) is 5.39 Å². The van der Waals surface area contributed by atoms with Crippen molar-refractivity contribution in [2.75, 3.05) is 12.4 Å². The molecule has 0 saturated heterocycles. The minimum absolute atomic E-state index is 0. The van der Waals surface area contributed by atoms with Crippen LogP contribution in [0.2, 0.25) is 0 Å². The van der Waals surface area contributed by atoms with Gasteiger partial charge in [0.05, 0.1) is 18.2 Å². The lowest BCUT2D eigenvalue weighted by atomic mass is 10.0. The Hall–Kier alpha value is -3.64. The molecule has 6 nitrogen and oxygen atoms in total. The van der Waals surface area contributed by atoms with Crippen LogP contribution in [-0.2, 0) is 0 Å². The second-order valence-corrected chi connectivity index (χ2v) is 6.10. The maximum absolute atomic E-state index is 12.5. The maximum Gasteiger partial charge on any atom is 0.344 e. The molecule has 29 heavy (non-hydrogen) atoms. The number of benzene rings is 2. The molecule has 1 N–H and O–H groups in total. The van der Waals surface area contributed by atoms with Gasteiger partial charge in [-0.3, -0.25) is 9.78 Å². The van der Waals surface area contributed by atoms with Crippen molar-refractivity contribution < 1.29 is 13.9 Å². The van der Waals surface area contributed by atoms with E-state index in [0.29, 0.717) is 33.7 Å². The zero-order chi connectivity index (χ0) is 19.5. The molecule has 0 aliphatic rings. The summed E-state index contributed by atoms with van der Waals surface area (Å²) in [5.41, 5.74) is 2.03. The standard InChI is InChI=1S/C22H16N2O4.ClH/c1-27-20-12-16(24-21(25)15-6-4-10-23-13-15)8-9-17(20)18-11-14-5-2-3-7-19(14)28-22(18)26;/h2-13H,1H3,(H,24,25);1H. The van der Waals surface area contributed by atoms with E-state index in [9.17, 15) is 9.59 Å². The summed E-state index contributed by atoms with van der Waals surface area (Å²) < 4.78 is 10.9. The molecule has 2 heterocycles. The van der Waals surface area contributed by atoms with Gasteiger partial charge < -0.3 is 14.5 Å². The van der Waals surface area contributed by atoms with Gasteiger partial charge in [0, 0.05) is 35.1 Å². The Morgan fingerprint density at radius 2 is 1.86 bits per heavy atom. The predicted molar refractivity (Wildman–Crippen MR) is 114 cm³/mol. The maximum atomic E-state index is 12.5. The number of hydrogen-bond donors (Lipinski definition) is 1. The number of hydrogen-bond acceptors (Lipinski definition) is 5. The van der Waals surface area contributed by atoms with Gasteiger partial charge in [0.1, 0.15) is 11.3 Å². The summed E-state index contributed by atoms with van der Waals surface area (Å²) in [5.74, 6) is 0.166. The van der Waals surface area contributed by atoms with Gasteiger partial charge >= 0.3 is 5.63 Å². The number of methoxy groups -OCH3 is 1. The van der Waals surface area contributed by atoms with Crippen molar-refractivity contribution in [1.29, 1.82) is 0 Å². The summed E-state index contributed by atoms with van der Waals surface area (Å²) in [7, 11) is 1.51. The van der Waals surface area contributed by atoms with Gasteiger partial charge in [-0.15, -0.1) is 12.4 Å². The molecule has 4 aromatic rings. The van der Waals surface area contributed by atoms with Crippen LogP contribution < -0.4 is 15.7 Å². The van der Waals surface area contributed by atoms with Crippen molar-refractivity contribution in [2.45, 2.75) is 0 Å². The Bertz CT molecular complexity index is 1220. The summed E-state index contributed by atoms with van der Waals surface area (Å²) in [4.78, 5) is 28.7. The van der Waals surface area contributed by atoms with Crippen LogP contribution in [0.5, 0.6) is 5.75 Å². The second kappa shape index (κ2) is 8.58. The summed E-state index contributed by atoms with van der Waals surface area (Å²) in [6.45, 7) is 0. The smallest absolute Gasteiger partial charge is 0.344 e. The molecule has 0 radical (unpaired) electrons. The van der Waals surface area contributed by atoms with Crippen LogP contribution in [0.1, 0.15) is 10.4 Å². The third-order valence-corrected chi connectivity index (χ3v) is 4.31. The van der Waals surface area contributed by atoms with Crippen molar-refractivity contribution in [1.82, 2.24) is 4.98 Å². The fourth-order valence-electron chi connectivity index (χ4n) is 2.94. The Balaban J connectivity index is 0.00000240. The van der Waals surface area contributed by atoms with Gasteiger partial charge in [0.25, 0.3) is 5.91 Å². The van der Waals surface area contributed by atoms with E-state index >= 15 is 0 Å². The lowest BCUT2D eigenvalue weighted by Crippen LogP contribution is -2.12. The van der Waals surface area contributed by atoms with Gasteiger partial charge in [-0.2, -0.15) is 0 Å². The Morgan fingerprint density at radius 3 is 2.62 bits per heavy atom. The van der Waals surface area contributed by atoms with Gasteiger partial charge in [-0.1, -0.05) is 18.2 Å². The van der Waals surface area contributed by atoms with Crippen molar-refractivity contribution >= 4 is 35.0 Å². The van der Waals surface area contributed by atoms with Crippen LogP contribution in [0.3, 0.4) is 0 Å². The molecule has 0 fully saturated rings. The van der Waals surface area contributed by atoms with Gasteiger partial charge in [-0.05, 0) is 36.4 Å². The van der Waals surface area contributed by atoms with E-state index in [4.69, 9.17) is 9.15 Å². The van der Waals surface area contributed by atoms with E-state index in [1.54, 1.807) is 48.7 Å². The number of ether oxygens (including phenoxy) is 1. The molecule has 146 valence electrons. The minimum atomic E-state index is -0.454. The van der Waals surface area contributed by atoms with Crippen molar-refractivity contribution in [3.8, 4) is 16.9 Å². The van der Waals surface area contributed by atoms with Crippen LogP contribution in [0.25, 0.3) is 22.1 Å². The molecule has 0 bridgehead atoms. The lowest BCUT2D eigenvalue weighted by Gasteiger charge is -2.11. The summed E-state index contributed by atoms with van der Waals surface area (Å²) in [6, 6.07) is 17.5. The number of pyridine rings is 1. The molecular formula is C22H17ClN2O4. The van der Waals surface area contributed by atoms with Crippen molar-refractivity contribution in [3.63, 3.8) is 0 Å². The highest BCUT2D eigenvalue weighted by atomic mass is 35.5. The average molecular weight is 409 g/mol. The van der Waals surface area contributed by atoms with Crippen LogP contribution in [0, 0.1) is 0 Å². The highest BCUT2D eigenvalue weighted by Crippen LogP contribution is 2.32. The van der Waals surface area contributed by atoms with E-state index < -0.39 is 5.63 Å². The number of halogens is 1. The molecule has 0 saturated carbocycles. The number of nitrogens with one attached hydrogen (secondary N) is 1. The van der Waals surface area contributed by atoms with Crippen LogP contribution in [0.4, 0.5) is 5.69 Å². The van der Waals surface area contributed by atoms with Gasteiger partial charge in [-0.25, -0.2) is 4.79 Å². The normalized spacial score (nSPS) is 10.2. The molecule has 2 aromatic heterocycles. The number of carbonyl (C=O) groups excluding carboxylic acids is 1.